The van der Waals surface area contributed by atoms with Gasteiger partial charge in [-0.2, -0.15) is 10.2 Å². The number of piperidine rings is 2. The highest BCUT2D eigenvalue weighted by Gasteiger charge is 2.44. The number of benzene rings is 1. The van der Waals surface area contributed by atoms with Gasteiger partial charge in [-0.3, -0.25) is 19.4 Å². The van der Waals surface area contributed by atoms with E-state index in [9.17, 15) is 9.59 Å². The van der Waals surface area contributed by atoms with Crippen LogP contribution in [0.15, 0.2) is 43.2 Å². The molecule has 0 spiro atoms. The lowest BCUT2D eigenvalue weighted by molar-refractivity contribution is -0.137. The van der Waals surface area contributed by atoms with Gasteiger partial charge in [0, 0.05) is 43.8 Å². The van der Waals surface area contributed by atoms with E-state index in [4.69, 9.17) is 11.6 Å². The minimum Gasteiger partial charge on any atom is -0.341 e. The molecule has 3 fully saturated rings. The standard InChI is InChI=1S/C31H42ClN9O2/c32-25-8-6-23(7-9-25)18-27(37-26-10-14-39(15-11-26)30(43)28-34-21-35-38-28)29(42)40-16-12-31(13-17-40,19-41-22-33-20-36-41)24-4-2-1-3-5-24/h6-9,20-22,24,26-27,37H,1-5,10-19H2,(H,34,35,38)/t27-/m1/s1. The lowest BCUT2D eigenvalue weighted by Crippen LogP contribution is -2.56. The van der Waals surface area contributed by atoms with Crippen LogP contribution in [0.4, 0.5) is 0 Å². The number of likely N-dealkylation sites (tertiary alicyclic amines) is 2. The predicted octanol–water partition coefficient (Wildman–Crippen LogP) is 3.74. The number of amides is 2. The molecule has 3 aliphatic rings. The number of hydrogen-bond acceptors (Lipinski definition) is 7. The summed E-state index contributed by atoms with van der Waals surface area (Å²) in [6.07, 6.45) is 15.4. The van der Waals surface area contributed by atoms with E-state index in [0.717, 1.165) is 50.9 Å². The zero-order valence-electron chi connectivity index (χ0n) is 24.7. The molecule has 3 aromatic rings. The van der Waals surface area contributed by atoms with E-state index in [-0.39, 0.29) is 35.1 Å². The Bertz CT molecular complexity index is 1310. The number of carbonyl (C=O) groups excluding carboxylic acids is 2. The van der Waals surface area contributed by atoms with Gasteiger partial charge in [0.05, 0.1) is 6.04 Å². The fourth-order valence-corrected chi connectivity index (χ4v) is 7.63. The highest BCUT2D eigenvalue weighted by Crippen LogP contribution is 2.47. The number of halogens is 1. The maximum Gasteiger partial charge on any atom is 0.291 e. The van der Waals surface area contributed by atoms with Crippen LogP contribution in [0, 0.1) is 11.3 Å². The van der Waals surface area contributed by atoms with E-state index >= 15 is 0 Å². The Morgan fingerprint density at radius 1 is 0.977 bits per heavy atom. The van der Waals surface area contributed by atoms with Gasteiger partial charge in [0.25, 0.3) is 5.91 Å². The molecule has 11 nitrogen and oxygen atoms in total. The van der Waals surface area contributed by atoms with Crippen LogP contribution in [0.2, 0.25) is 5.02 Å². The Balaban J connectivity index is 1.12. The number of aromatic amines is 1. The highest BCUT2D eigenvalue weighted by molar-refractivity contribution is 6.30. The van der Waals surface area contributed by atoms with Crippen LogP contribution < -0.4 is 5.32 Å². The number of carbonyl (C=O) groups is 2. The minimum absolute atomic E-state index is 0.134. The first-order chi connectivity index (χ1) is 21.0. The summed E-state index contributed by atoms with van der Waals surface area (Å²) in [5.74, 6) is 0.953. The number of rotatable bonds is 9. The molecule has 1 saturated carbocycles. The summed E-state index contributed by atoms with van der Waals surface area (Å²) in [7, 11) is 0. The van der Waals surface area contributed by atoms with E-state index in [1.54, 1.807) is 11.2 Å². The summed E-state index contributed by atoms with van der Waals surface area (Å²) in [5.41, 5.74) is 1.22. The number of nitrogens with one attached hydrogen (secondary N) is 2. The molecule has 0 bridgehead atoms. The molecule has 0 unspecified atom stereocenters. The first-order valence-corrected chi connectivity index (χ1v) is 16.1. The molecule has 2 saturated heterocycles. The monoisotopic (exact) mass is 607 g/mol. The van der Waals surface area contributed by atoms with E-state index in [1.807, 2.05) is 35.3 Å². The molecule has 1 aromatic carbocycles. The zero-order chi connectivity index (χ0) is 29.6. The summed E-state index contributed by atoms with van der Waals surface area (Å²) in [6.45, 7) is 3.60. The predicted molar refractivity (Wildman–Crippen MR) is 162 cm³/mol. The molecule has 1 aliphatic carbocycles. The lowest BCUT2D eigenvalue weighted by Gasteiger charge is -2.48. The largest absolute Gasteiger partial charge is 0.341 e. The summed E-state index contributed by atoms with van der Waals surface area (Å²) < 4.78 is 2.00. The molecule has 2 aromatic heterocycles. The number of nitrogens with zero attached hydrogens (tertiary/aromatic N) is 7. The normalized spacial score (nSPS) is 20.7. The van der Waals surface area contributed by atoms with Crippen molar-refractivity contribution in [2.24, 2.45) is 11.3 Å². The summed E-state index contributed by atoms with van der Waals surface area (Å²) >= 11 is 6.16. The molecule has 2 N–H and O–H groups in total. The maximum atomic E-state index is 14.2. The van der Waals surface area contributed by atoms with Crippen LogP contribution in [0.5, 0.6) is 0 Å². The number of aromatic nitrogens is 6. The van der Waals surface area contributed by atoms with E-state index in [2.05, 4.69) is 35.5 Å². The molecule has 230 valence electrons. The average molecular weight is 608 g/mol. The van der Waals surface area contributed by atoms with Crippen molar-refractivity contribution >= 4 is 23.4 Å². The van der Waals surface area contributed by atoms with Crippen LogP contribution in [0.1, 0.15) is 74.0 Å². The Hall–Kier alpha value is -3.31. The van der Waals surface area contributed by atoms with Gasteiger partial charge >= 0.3 is 0 Å². The molecule has 12 heteroatoms. The average Bonchev–Trinajstić information content (AvgIpc) is 3.78. The second-order valence-electron chi connectivity index (χ2n) is 12.6. The van der Waals surface area contributed by atoms with Crippen molar-refractivity contribution in [1.29, 1.82) is 0 Å². The van der Waals surface area contributed by atoms with E-state index < -0.39 is 0 Å². The smallest absolute Gasteiger partial charge is 0.291 e. The van der Waals surface area contributed by atoms with Crippen molar-refractivity contribution in [3.63, 3.8) is 0 Å². The number of hydrogen-bond donors (Lipinski definition) is 2. The maximum absolute atomic E-state index is 14.2. The van der Waals surface area contributed by atoms with Crippen LogP contribution in [0.3, 0.4) is 0 Å². The fourth-order valence-electron chi connectivity index (χ4n) is 7.51. The van der Waals surface area contributed by atoms with Crippen LogP contribution >= 0.6 is 11.6 Å². The van der Waals surface area contributed by atoms with E-state index in [1.165, 1.54) is 38.4 Å². The van der Waals surface area contributed by atoms with Gasteiger partial charge in [-0.15, -0.1) is 0 Å². The Labute approximate surface area is 257 Å². The van der Waals surface area contributed by atoms with Crippen molar-refractivity contribution in [1.82, 2.24) is 45.1 Å². The fraction of sp³-hybridized carbons (Fsp3) is 0.613. The van der Waals surface area contributed by atoms with Crippen LogP contribution in [0.25, 0.3) is 0 Å². The van der Waals surface area contributed by atoms with E-state index in [0.29, 0.717) is 30.5 Å². The summed E-state index contributed by atoms with van der Waals surface area (Å²) in [6, 6.07) is 7.57. The quantitative estimate of drug-likeness (QED) is 0.380. The van der Waals surface area contributed by atoms with Crippen molar-refractivity contribution in [2.75, 3.05) is 26.2 Å². The molecule has 4 heterocycles. The number of H-pyrrole nitrogens is 1. The Kier molecular flexibility index (Phi) is 9.37. The van der Waals surface area contributed by atoms with Gasteiger partial charge in [0.15, 0.2) is 0 Å². The third-order valence-corrected chi connectivity index (χ3v) is 10.2. The lowest BCUT2D eigenvalue weighted by atomic mass is 9.63. The van der Waals surface area contributed by atoms with Crippen LogP contribution in [-0.2, 0) is 17.8 Å². The summed E-state index contributed by atoms with van der Waals surface area (Å²) in [5, 5.41) is 15.3. The zero-order valence-corrected chi connectivity index (χ0v) is 25.5. The van der Waals surface area contributed by atoms with Gasteiger partial charge in [0.2, 0.25) is 11.7 Å². The van der Waals surface area contributed by atoms with Gasteiger partial charge in [-0.05, 0) is 74.0 Å². The molecule has 6 rings (SSSR count). The highest BCUT2D eigenvalue weighted by atomic mass is 35.5. The summed E-state index contributed by atoms with van der Waals surface area (Å²) in [4.78, 5) is 39.0. The molecule has 2 amide bonds. The molecule has 2 aliphatic heterocycles. The van der Waals surface area contributed by atoms with Gasteiger partial charge < -0.3 is 15.1 Å². The SMILES string of the molecule is O=C(c1ncn[nH]1)N1CCC(N[C@H](Cc2ccc(Cl)cc2)C(=O)N2CCC(Cn3cncn3)(C3CCCCC3)CC2)CC1. The van der Waals surface area contributed by atoms with Gasteiger partial charge in [-0.25, -0.2) is 9.97 Å². The molecule has 0 radical (unpaired) electrons. The molecular weight excluding hydrogens is 566 g/mol. The second kappa shape index (κ2) is 13.5. The molecule has 43 heavy (non-hydrogen) atoms. The van der Waals surface area contributed by atoms with Crippen LogP contribution in [-0.4, -0.2) is 89.8 Å². The first-order valence-electron chi connectivity index (χ1n) is 15.8. The first kappa shape index (κ1) is 29.7. The Morgan fingerprint density at radius 2 is 1.72 bits per heavy atom. The van der Waals surface area contributed by atoms with Gasteiger partial charge in [0.1, 0.15) is 19.0 Å². The topological polar surface area (TPSA) is 125 Å². The van der Waals surface area contributed by atoms with Crippen molar-refractivity contribution < 1.29 is 9.59 Å². The minimum atomic E-state index is -0.347. The van der Waals surface area contributed by atoms with Crippen molar-refractivity contribution in [3.05, 3.63) is 59.7 Å². The molecular formula is C31H42ClN9O2. The van der Waals surface area contributed by atoms with Crippen molar-refractivity contribution in [2.45, 2.75) is 82.8 Å². The Morgan fingerprint density at radius 3 is 2.37 bits per heavy atom. The molecule has 1 atom stereocenters. The third-order valence-electron chi connectivity index (χ3n) is 9.97. The third kappa shape index (κ3) is 7.09. The second-order valence-corrected chi connectivity index (χ2v) is 13.0. The van der Waals surface area contributed by atoms with Crippen molar-refractivity contribution in [3.8, 4) is 0 Å². The van der Waals surface area contributed by atoms with Gasteiger partial charge in [-0.1, -0.05) is 43.0 Å².